The second-order valence-electron chi connectivity index (χ2n) is 4.01. The van der Waals surface area contributed by atoms with Crippen LogP contribution in [0.1, 0.15) is 24.8 Å². The predicted octanol–water partition coefficient (Wildman–Crippen LogP) is 3.66. The Morgan fingerprint density at radius 3 is 2.53 bits per heavy atom. The summed E-state index contributed by atoms with van der Waals surface area (Å²) in [5.74, 6) is 2.33. The van der Waals surface area contributed by atoms with Gasteiger partial charge >= 0.3 is 0 Å². The number of hydrogen-bond donors (Lipinski definition) is 0. The van der Waals surface area contributed by atoms with Crippen LogP contribution in [0.5, 0.6) is 5.75 Å². The Kier molecular flexibility index (Phi) is 3.86. The Morgan fingerprint density at radius 2 is 2.00 bits per heavy atom. The number of methoxy groups -OCH3 is 1. The van der Waals surface area contributed by atoms with Gasteiger partial charge in [-0.25, -0.2) is 0 Å². The van der Waals surface area contributed by atoms with Gasteiger partial charge in [0.15, 0.2) is 0 Å². The molecule has 0 heterocycles. The van der Waals surface area contributed by atoms with Gasteiger partial charge in [-0.15, -0.1) is 0 Å². The smallest absolute Gasteiger partial charge is 0.118 e. The van der Waals surface area contributed by atoms with E-state index in [2.05, 4.69) is 30.4 Å². The lowest BCUT2D eigenvalue weighted by molar-refractivity contribution is 0.239. The van der Waals surface area contributed by atoms with Gasteiger partial charge in [-0.3, -0.25) is 0 Å². The number of ether oxygens (including phenoxy) is 2. The van der Waals surface area contributed by atoms with Crippen LogP contribution in [0.25, 0.3) is 0 Å². The van der Waals surface area contributed by atoms with Gasteiger partial charge in [-0.05, 0) is 43.2 Å². The van der Waals surface area contributed by atoms with Crippen molar-refractivity contribution < 1.29 is 9.47 Å². The molecule has 0 bridgehead atoms. The standard InChI is InChI=1S/C15H18O2/c1-3-17-15-10-6-13(7-11-15)12-4-8-14(16-2)9-5-12/h4-6,8-11,13H,3,7H2,1-2H3. The Labute approximate surface area is 103 Å². The summed E-state index contributed by atoms with van der Waals surface area (Å²) >= 11 is 0. The maximum absolute atomic E-state index is 5.46. The first-order chi connectivity index (χ1) is 8.33. The largest absolute Gasteiger partial charge is 0.497 e. The van der Waals surface area contributed by atoms with Gasteiger partial charge in [0.2, 0.25) is 0 Å². The lowest BCUT2D eigenvalue weighted by Crippen LogP contribution is -2.00. The van der Waals surface area contributed by atoms with Gasteiger partial charge in [-0.1, -0.05) is 18.2 Å². The molecule has 0 amide bonds. The first kappa shape index (κ1) is 11.8. The molecule has 0 fully saturated rings. The summed E-state index contributed by atoms with van der Waals surface area (Å²) in [4.78, 5) is 0. The molecular weight excluding hydrogens is 212 g/mol. The van der Waals surface area contributed by atoms with Crippen molar-refractivity contribution in [3.05, 3.63) is 53.8 Å². The number of hydrogen-bond acceptors (Lipinski definition) is 2. The first-order valence-electron chi connectivity index (χ1n) is 5.98. The molecule has 0 radical (unpaired) electrons. The van der Waals surface area contributed by atoms with Gasteiger partial charge in [0.1, 0.15) is 11.5 Å². The summed E-state index contributed by atoms with van der Waals surface area (Å²) in [6.45, 7) is 2.73. The molecule has 2 heteroatoms. The molecule has 0 spiro atoms. The molecule has 0 aromatic heterocycles. The third-order valence-corrected chi connectivity index (χ3v) is 2.92. The van der Waals surface area contributed by atoms with Crippen LogP contribution < -0.4 is 4.74 Å². The highest BCUT2D eigenvalue weighted by Gasteiger charge is 2.11. The summed E-state index contributed by atoms with van der Waals surface area (Å²) in [6, 6.07) is 8.25. The fourth-order valence-electron chi connectivity index (χ4n) is 1.97. The summed E-state index contributed by atoms with van der Waals surface area (Å²) in [6.07, 6.45) is 7.41. The minimum Gasteiger partial charge on any atom is -0.497 e. The van der Waals surface area contributed by atoms with E-state index in [-0.39, 0.29) is 0 Å². The van der Waals surface area contributed by atoms with Crippen molar-refractivity contribution >= 4 is 0 Å². The predicted molar refractivity (Wildman–Crippen MR) is 69.2 cm³/mol. The Bertz CT molecular complexity index is 415. The van der Waals surface area contributed by atoms with Crippen LogP contribution in [0.3, 0.4) is 0 Å². The third-order valence-electron chi connectivity index (χ3n) is 2.92. The fourth-order valence-corrected chi connectivity index (χ4v) is 1.97. The zero-order chi connectivity index (χ0) is 12.1. The van der Waals surface area contributed by atoms with E-state index < -0.39 is 0 Å². The van der Waals surface area contributed by atoms with Gasteiger partial charge in [0, 0.05) is 5.92 Å². The van der Waals surface area contributed by atoms with Crippen LogP contribution in [0.2, 0.25) is 0 Å². The minimum absolute atomic E-state index is 0.449. The molecule has 0 saturated heterocycles. The molecular formula is C15H18O2. The quantitative estimate of drug-likeness (QED) is 0.786. The van der Waals surface area contributed by atoms with Crippen molar-refractivity contribution in [2.45, 2.75) is 19.3 Å². The van der Waals surface area contributed by atoms with Crippen molar-refractivity contribution in [3.8, 4) is 5.75 Å². The SMILES string of the molecule is CCOC1=CCC(c2ccc(OC)cc2)C=C1. The maximum atomic E-state index is 5.46. The number of rotatable bonds is 4. The lowest BCUT2D eigenvalue weighted by Gasteiger charge is -2.17. The molecule has 1 aliphatic rings. The third kappa shape index (κ3) is 2.90. The second-order valence-corrected chi connectivity index (χ2v) is 4.01. The number of benzene rings is 1. The van der Waals surface area contributed by atoms with Gasteiger partial charge < -0.3 is 9.47 Å². The first-order valence-corrected chi connectivity index (χ1v) is 5.98. The maximum Gasteiger partial charge on any atom is 0.118 e. The number of allylic oxidation sites excluding steroid dienone is 3. The van der Waals surface area contributed by atoms with Crippen molar-refractivity contribution in [3.63, 3.8) is 0 Å². The van der Waals surface area contributed by atoms with E-state index in [1.54, 1.807) is 7.11 Å². The molecule has 1 aromatic rings. The molecule has 2 rings (SSSR count). The van der Waals surface area contributed by atoms with E-state index in [1.165, 1.54) is 5.56 Å². The van der Waals surface area contributed by atoms with Crippen LogP contribution in [0.4, 0.5) is 0 Å². The van der Waals surface area contributed by atoms with Crippen LogP contribution >= 0.6 is 0 Å². The second kappa shape index (κ2) is 5.58. The van der Waals surface area contributed by atoms with E-state index in [9.17, 15) is 0 Å². The van der Waals surface area contributed by atoms with Gasteiger partial charge in [0.05, 0.1) is 13.7 Å². The zero-order valence-corrected chi connectivity index (χ0v) is 10.3. The van der Waals surface area contributed by atoms with Crippen molar-refractivity contribution in [1.29, 1.82) is 0 Å². The van der Waals surface area contributed by atoms with Crippen molar-refractivity contribution in [2.75, 3.05) is 13.7 Å². The summed E-state index contributed by atoms with van der Waals surface area (Å²) in [5.41, 5.74) is 1.31. The molecule has 0 N–H and O–H groups in total. The van der Waals surface area contributed by atoms with Crippen molar-refractivity contribution in [1.82, 2.24) is 0 Å². The lowest BCUT2D eigenvalue weighted by atomic mass is 9.92. The molecule has 1 atom stereocenters. The molecule has 2 nitrogen and oxygen atoms in total. The average molecular weight is 230 g/mol. The topological polar surface area (TPSA) is 18.5 Å². The van der Waals surface area contributed by atoms with Crippen LogP contribution in [-0.2, 0) is 4.74 Å². The molecule has 1 unspecified atom stereocenters. The van der Waals surface area contributed by atoms with E-state index in [0.29, 0.717) is 5.92 Å². The zero-order valence-electron chi connectivity index (χ0n) is 10.3. The molecule has 0 saturated carbocycles. The molecule has 17 heavy (non-hydrogen) atoms. The molecule has 1 aromatic carbocycles. The van der Waals surface area contributed by atoms with Crippen LogP contribution in [-0.4, -0.2) is 13.7 Å². The van der Waals surface area contributed by atoms with E-state index >= 15 is 0 Å². The summed E-state index contributed by atoms with van der Waals surface area (Å²) in [7, 11) is 1.69. The molecule has 0 aliphatic heterocycles. The fraction of sp³-hybridized carbons (Fsp3) is 0.333. The molecule has 1 aliphatic carbocycles. The minimum atomic E-state index is 0.449. The average Bonchev–Trinajstić information content (AvgIpc) is 2.40. The van der Waals surface area contributed by atoms with Gasteiger partial charge in [-0.2, -0.15) is 0 Å². The normalized spacial score (nSPS) is 18.7. The highest BCUT2D eigenvalue weighted by molar-refractivity contribution is 5.34. The Balaban J connectivity index is 2.03. The van der Waals surface area contributed by atoms with Crippen LogP contribution in [0, 0.1) is 0 Å². The highest BCUT2D eigenvalue weighted by atomic mass is 16.5. The van der Waals surface area contributed by atoms with Crippen molar-refractivity contribution in [2.24, 2.45) is 0 Å². The van der Waals surface area contributed by atoms with Crippen LogP contribution in [0.15, 0.2) is 48.3 Å². The summed E-state index contributed by atoms with van der Waals surface area (Å²) < 4.78 is 10.6. The van der Waals surface area contributed by atoms with E-state index in [1.807, 2.05) is 19.1 Å². The summed E-state index contributed by atoms with van der Waals surface area (Å²) in [5, 5.41) is 0. The molecule has 90 valence electrons. The van der Waals surface area contributed by atoms with E-state index in [4.69, 9.17) is 9.47 Å². The monoisotopic (exact) mass is 230 g/mol. The Morgan fingerprint density at radius 1 is 1.24 bits per heavy atom. The van der Waals surface area contributed by atoms with Gasteiger partial charge in [0.25, 0.3) is 0 Å². The van der Waals surface area contributed by atoms with E-state index in [0.717, 1.165) is 24.5 Å². The highest BCUT2D eigenvalue weighted by Crippen LogP contribution is 2.28. The Hall–Kier alpha value is -1.70.